The molecule has 0 saturated carbocycles. The maximum Gasteiger partial charge on any atom is 0.145 e. The molecule has 0 aliphatic rings. The molecule has 4 nitrogen and oxygen atoms in total. The van der Waals surface area contributed by atoms with Crippen molar-refractivity contribution < 1.29 is 0 Å². The second-order valence-electron chi connectivity index (χ2n) is 15.2. The second kappa shape index (κ2) is 13.3. The van der Waals surface area contributed by atoms with Gasteiger partial charge >= 0.3 is 0 Å². The van der Waals surface area contributed by atoms with Crippen LogP contribution in [-0.4, -0.2) is 18.7 Å². The number of nitrogens with zero attached hydrogens (tertiary/aromatic N) is 4. The molecule has 276 valence electrons. The minimum atomic E-state index is 0.883. The number of rotatable bonds is 6. The number of hydrogen-bond acceptors (Lipinski definition) is 1. The maximum absolute atomic E-state index is 5.46. The Hall–Kier alpha value is -7.95. The summed E-state index contributed by atoms with van der Waals surface area (Å²) >= 11 is 0. The van der Waals surface area contributed by atoms with Crippen LogP contribution in [0, 0.1) is 0 Å². The number of hydrogen-bond donors (Lipinski definition) is 0. The first-order chi connectivity index (χ1) is 29.3. The van der Waals surface area contributed by atoms with Crippen molar-refractivity contribution in [1.82, 2.24) is 18.7 Å². The highest BCUT2D eigenvalue weighted by atomic mass is 15.1. The van der Waals surface area contributed by atoms with Gasteiger partial charge in [0.05, 0.1) is 50.2 Å². The summed E-state index contributed by atoms with van der Waals surface area (Å²) in [5.74, 6) is 0.883. The molecule has 0 aliphatic carbocycles. The van der Waals surface area contributed by atoms with Gasteiger partial charge in [-0.3, -0.25) is 4.57 Å². The number of fused-ring (bicyclic) bond motifs is 7. The van der Waals surface area contributed by atoms with E-state index in [4.69, 9.17) is 4.98 Å². The maximum atomic E-state index is 5.46. The average Bonchev–Trinajstić information content (AvgIpc) is 3.98. The molecule has 0 saturated heterocycles. The predicted molar refractivity (Wildman–Crippen MR) is 246 cm³/mol. The molecule has 0 unspecified atom stereocenters. The Morgan fingerprint density at radius 3 is 1.03 bits per heavy atom. The van der Waals surface area contributed by atoms with Crippen LogP contribution in [0.1, 0.15) is 0 Å². The summed E-state index contributed by atoms with van der Waals surface area (Å²) in [5, 5.41) is 4.91. The lowest BCUT2D eigenvalue weighted by atomic mass is 9.96. The lowest BCUT2D eigenvalue weighted by Crippen LogP contribution is -2.04. The molecule has 0 aliphatic heterocycles. The van der Waals surface area contributed by atoms with E-state index in [1.807, 2.05) is 0 Å². The Balaban J connectivity index is 1.19. The van der Waals surface area contributed by atoms with Crippen LogP contribution in [0.25, 0.3) is 105 Å². The molecule has 0 bridgehead atoms. The van der Waals surface area contributed by atoms with Crippen LogP contribution in [0.3, 0.4) is 0 Å². The third-order valence-electron chi connectivity index (χ3n) is 11.8. The summed E-state index contributed by atoms with van der Waals surface area (Å²) in [6.07, 6.45) is 0. The quantitative estimate of drug-likeness (QED) is 0.166. The van der Waals surface area contributed by atoms with Gasteiger partial charge in [-0.1, -0.05) is 146 Å². The highest BCUT2D eigenvalue weighted by Crippen LogP contribution is 2.40. The average molecular weight is 753 g/mol. The SMILES string of the molecule is c1ccc(-c2cc(-c3ccccc3)cc(-c3nc4ccccc4n3-c3cc(-n4c5ccccc5c5ccccc54)cc(-n4c5ccccc5c5ccccc54)c3)c2)cc1. The smallest absolute Gasteiger partial charge is 0.145 e. The van der Waals surface area contributed by atoms with Gasteiger partial charge in [0.1, 0.15) is 5.82 Å². The molecule has 0 fully saturated rings. The van der Waals surface area contributed by atoms with Gasteiger partial charge in [-0.2, -0.15) is 0 Å². The number of aromatic nitrogens is 4. The van der Waals surface area contributed by atoms with E-state index in [2.05, 4.69) is 232 Å². The lowest BCUT2D eigenvalue weighted by Gasteiger charge is -2.18. The van der Waals surface area contributed by atoms with Gasteiger partial charge < -0.3 is 9.13 Å². The van der Waals surface area contributed by atoms with Crippen LogP contribution in [-0.2, 0) is 0 Å². The normalized spacial score (nSPS) is 11.7. The van der Waals surface area contributed by atoms with Crippen LogP contribution in [0.4, 0.5) is 0 Å². The molecule has 0 N–H and O–H groups in total. The van der Waals surface area contributed by atoms with Gasteiger partial charge in [0.25, 0.3) is 0 Å². The van der Waals surface area contributed by atoms with Gasteiger partial charge in [0.15, 0.2) is 0 Å². The van der Waals surface area contributed by atoms with E-state index >= 15 is 0 Å². The van der Waals surface area contributed by atoms with Gasteiger partial charge in [-0.15, -0.1) is 0 Å². The largest absolute Gasteiger partial charge is 0.309 e. The number of imidazole rings is 1. The zero-order valence-corrected chi connectivity index (χ0v) is 32.1. The third kappa shape index (κ3) is 5.34. The monoisotopic (exact) mass is 752 g/mol. The predicted octanol–water partition coefficient (Wildman–Crippen LogP) is 14.2. The van der Waals surface area contributed by atoms with Gasteiger partial charge in [0, 0.05) is 27.1 Å². The summed E-state index contributed by atoms with van der Waals surface area (Å²) in [6.45, 7) is 0. The molecular weight excluding hydrogens is 717 g/mol. The van der Waals surface area contributed by atoms with Gasteiger partial charge in [0.2, 0.25) is 0 Å². The van der Waals surface area contributed by atoms with E-state index in [1.54, 1.807) is 0 Å². The number of benzene rings is 9. The molecule has 0 radical (unpaired) electrons. The topological polar surface area (TPSA) is 27.7 Å². The fourth-order valence-electron chi connectivity index (χ4n) is 9.20. The van der Waals surface area contributed by atoms with Crippen LogP contribution in [0.15, 0.2) is 218 Å². The highest BCUT2D eigenvalue weighted by molar-refractivity contribution is 6.10. The van der Waals surface area contributed by atoms with Crippen molar-refractivity contribution in [2.24, 2.45) is 0 Å². The molecule has 0 amide bonds. The third-order valence-corrected chi connectivity index (χ3v) is 11.8. The molecule has 0 atom stereocenters. The first kappa shape index (κ1) is 33.2. The van der Waals surface area contributed by atoms with Crippen LogP contribution in [0.2, 0.25) is 0 Å². The second-order valence-corrected chi connectivity index (χ2v) is 15.2. The van der Waals surface area contributed by atoms with Crippen molar-refractivity contribution >= 4 is 54.6 Å². The summed E-state index contributed by atoms with van der Waals surface area (Å²) in [4.78, 5) is 5.46. The van der Waals surface area contributed by atoms with E-state index in [1.165, 1.54) is 21.5 Å². The molecule has 0 spiro atoms. The van der Waals surface area contributed by atoms with Crippen molar-refractivity contribution in [2.45, 2.75) is 0 Å². The molecule has 4 heteroatoms. The lowest BCUT2D eigenvalue weighted by molar-refractivity contribution is 1.07. The van der Waals surface area contributed by atoms with E-state index in [-0.39, 0.29) is 0 Å². The first-order valence-electron chi connectivity index (χ1n) is 20.1. The molecule has 3 heterocycles. The Kier molecular flexibility index (Phi) is 7.50. The zero-order valence-electron chi connectivity index (χ0n) is 32.1. The van der Waals surface area contributed by atoms with Crippen molar-refractivity contribution in [1.29, 1.82) is 0 Å². The summed E-state index contributed by atoms with van der Waals surface area (Å²) in [7, 11) is 0. The van der Waals surface area contributed by atoms with E-state index in [0.717, 1.165) is 83.8 Å². The summed E-state index contributed by atoms with van der Waals surface area (Å²) in [5.41, 5.74) is 15.5. The van der Waals surface area contributed by atoms with Crippen molar-refractivity contribution in [3.63, 3.8) is 0 Å². The van der Waals surface area contributed by atoms with Crippen molar-refractivity contribution in [3.8, 4) is 50.7 Å². The minimum absolute atomic E-state index is 0.883. The van der Waals surface area contributed by atoms with E-state index < -0.39 is 0 Å². The Morgan fingerprint density at radius 2 is 0.593 bits per heavy atom. The zero-order chi connectivity index (χ0) is 38.9. The van der Waals surface area contributed by atoms with Crippen molar-refractivity contribution in [2.75, 3.05) is 0 Å². The molecule has 59 heavy (non-hydrogen) atoms. The van der Waals surface area contributed by atoms with E-state index in [9.17, 15) is 0 Å². The number of para-hydroxylation sites is 6. The fraction of sp³-hybridized carbons (Fsp3) is 0. The Bertz CT molecular complexity index is 3250. The summed E-state index contributed by atoms with van der Waals surface area (Å²) in [6, 6.07) is 78.7. The molecular formula is C55H36N4. The molecule has 12 aromatic rings. The van der Waals surface area contributed by atoms with Gasteiger partial charge in [-0.25, -0.2) is 4.98 Å². The highest BCUT2D eigenvalue weighted by Gasteiger charge is 2.21. The standard InChI is InChI=1S/C55H36N4/c1-3-17-37(18-4-1)39-31-40(38-19-5-2-6-20-38)33-41(32-39)55-56-49-25-11-16-30-54(49)59(55)44-35-42(57-50-26-12-7-21-45(50)46-22-8-13-27-51(46)57)34-43(36-44)58-52-28-14-9-23-47(52)48-24-10-15-29-53(48)58/h1-36H. The van der Waals surface area contributed by atoms with E-state index in [0.29, 0.717) is 0 Å². The van der Waals surface area contributed by atoms with Gasteiger partial charge in [-0.05, 0) is 95.1 Å². The molecule has 3 aromatic heterocycles. The van der Waals surface area contributed by atoms with Crippen LogP contribution in [0.5, 0.6) is 0 Å². The van der Waals surface area contributed by atoms with Crippen LogP contribution >= 0.6 is 0 Å². The molecule has 9 aromatic carbocycles. The fourth-order valence-corrected chi connectivity index (χ4v) is 9.20. The first-order valence-corrected chi connectivity index (χ1v) is 20.1. The Labute approximate surface area is 341 Å². The minimum Gasteiger partial charge on any atom is -0.309 e. The van der Waals surface area contributed by atoms with Crippen molar-refractivity contribution in [3.05, 3.63) is 218 Å². The summed E-state index contributed by atoms with van der Waals surface area (Å²) < 4.78 is 7.21. The molecule has 12 rings (SSSR count). The van der Waals surface area contributed by atoms with Crippen LogP contribution < -0.4 is 0 Å². The Morgan fingerprint density at radius 1 is 0.254 bits per heavy atom.